The molecule has 0 radical (unpaired) electrons. The summed E-state index contributed by atoms with van der Waals surface area (Å²) in [6.07, 6.45) is 2.75. The zero-order valence-electron chi connectivity index (χ0n) is 14.8. The Kier molecular flexibility index (Phi) is 4.24. The van der Waals surface area contributed by atoms with Crippen LogP contribution in [0.15, 0.2) is 36.5 Å². The van der Waals surface area contributed by atoms with Crippen molar-refractivity contribution in [2.75, 3.05) is 6.61 Å². The number of aromatic nitrogens is 2. The third kappa shape index (κ3) is 2.98. The molecule has 4 rings (SSSR count). The smallest absolute Gasteiger partial charge is 0.253 e. The molecule has 1 aliphatic rings. The number of aromatic amines is 1. The molecular weight excluding hydrogens is 330 g/mol. The fourth-order valence-corrected chi connectivity index (χ4v) is 3.34. The summed E-state index contributed by atoms with van der Waals surface area (Å²) < 4.78 is 11.6. The van der Waals surface area contributed by atoms with E-state index in [1.807, 2.05) is 38.1 Å². The van der Waals surface area contributed by atoms with E-state index < -0.39 is 0 Å². The van der Waals surface area contributed by atoms with Crippen molar-refractivity contribution in [3.05, 3.63) is 53.2 Å². The summed E-state index contributed by atoms with van der Waals surface area (Å²) in [6.45, 7) is 4.94. The molecule has 0 bridgehead atoms. The first-order valence-corrected chi connectivity index (χ1v) is 8.81. The summed E-state index contributed by atoms with van der Waals surface area (Å²) in [5.41, 5.74) is 3.37. The molecule has 0 saturated carbocycles. The minimum Gasteiger partial charge on any atom is -0.494 e. The number of carbonyl (C=O) groups excluding carboxylic acids is 1. The number of para-hydroxylation sites is 1. The predicted molar refractivity (Wildman–Crippen MR) is 98.7 cm³/mol. The van der Waals surface area contributed by atoms with E-state index in [0.717, 1.165) is 39.9 Å². The fourth-order valence-electron chi connectivity index (χ4n) is 3.34. The number of hydrogen-bond acceptors (Lipinski definition) is 4. The number of nitrogens with one attached hydrogen (secondary N) is 2. The Hall–Kier alpha value is -3.02. The molecule has 1 aromatic heterocycles. The minimum atomic E-state index is -0.155. The summed E-state index contributed by atoms with van der Waals surface area (Å²) in [5, 5.41) is 10.8. The zero-order chi connectivity index (χ0) is 18.1. The van der Waals surface area contributed by atoms with E-state index in [2.05, 4.69) is 15.5 Å². The Balaban J connectivity index is 1.56. The lowest BCUT2D eigenvalue weighted by Gasteiger charge is -2.13. The largest absolute Gasteiger partial charge is 0.494 e. The van der Waals surface area contributed by atoms with Crippen LogP contribution in [0.3, 0.4) is 0 Å². The van der Waals surface area contributed by atoms with Gasteiger partial charge in [0.05, 0.1) is 23.9 Å². The number of ether oxygens (including phenoxy) is 2. The average Bonchev–Trinajstić information content (AvgIpc) is 3.24. The molecule has 6 heteroatoms. The van der Waals surface area contributed by atoms with Crippen molar-refractivity contribution >= 4 is 16.8 Å². The molecule has 1 unspecified atom stereocenters. The molecule has 2 N–H and O–H groups in total. The lowest BCUT2D eigenvalue weighted by atomic mass is 10.1. The lowest BCUT2D eigenvalue weighted by molar-refractivity contribution is 0.0952. The van der Waals surface area contributed by atoms with E-state index in [1.54, 1.807) is 12.3 Å². The van der Waals surface area contributed by atoms with E-state index in [1.165, 1.54) is 0 Å². The minimum absolute atomic E-state index is 0.155. The normalized spacial score (nSPS) is 15.5. The molecule has 0 saturated heterocycles. The van der Waals surface area contributed by atoms with Crippen molar-refractivity contribution in [3.63, 3.8) is 0 Å². The monoisotopic (exact) mass is 351 g/mol. The summed E-state index contributed by atoms with van der Waals surface area (Å²) >= 11 is 0. The van der Waals surface area contributed by atoms with Crippen LogP contribution >= 0.6 is 0 Å². The van der Waals surface area contributed by atoms with Crippen LogP contribution in [0.1, 0.15) is 35.3 Å². The first-order chi connectivity index (χ1) is 12.7. The molecule has 2 heterocycles. The predicted octanol–water partition coefficient (Wildman–Crippen LogP) is 3.22. The summed E-state index contributed by atoms with van der Waals surface area (Å²) in [6, 6.07) is 9.55. The molecule has 6 nitrogen and oxygen atoms in total. The fraction of sp³-hybridized carbons (Fsp3) is 0.300. The van der Waals surface area contributed by atoms with Crippen LogP contribution in [0.2, 0.25) is 0 Å². The number of nitrogens with zero attached hydrogens (tertiary/aromatic N) is 1. The molecule has 2 aromatic carbocycles. The van der Waals surface area contributed by atoms with Crippen LogP contribution in [0.25, 0.3) is 10.9 Å². The van der Waals surface area contributed by atoms with Crippen molar-refractivity contribution < 1.29 is 14.3 Å². The van der Waals surface area contributed by atoms with E-state index in [-0.39, 0.29) is 12.0 Å². The highest BCUT2D eigenvalue weighted by Crippen LogP contribution is 2.35. The number of fused-ring (bicyclic) bond motifs is 2. The van der Waals surface area contributed by atoms with Crippen molar-refractivity contribution in [3.8, 4) is 11.5 Å². The van der Waals surface area contributed by atoms with Crippen LogP contribution in [-0.2, 0) is 13.0 Å². The van der Waals surface area contributed by atoms with Crippen molar-refractivity contribution in [2.24, 2.45) is 0 Å². The highest BCUT2D eigenvalue weighted by molar-refractivity contribution is 6.05. The van der Waals surface area contributed by atoms with Gasteiger partial charge in [0, 0.05) is 29.5 Å². The van der Waals surface area contributed by atoms with Gasteiger partial charge in [-0.2, -0.15) is 5.10 Å². The van der Waals surface area contributed by atoms with Crippen LogP contribution in [0.4, 0.5) is 0 Å². The van der Waals surface area contributed by atoms with Gasteiger partial charge in [-0.3, -0.25) is 9.89 Å². The maximum atomic E-state index is 12.7. The Morgan fingerprint density at radius 2 is 2.31 bits per heavy atom. The van der Waals surface area contributed by atoms with E-state index in [0.29, 0.717) is 18.7 Å². The number of rotatable bonds is 5. The molecule has 134 valence electrons. The molecule has 1 aliphatic heterocycles. The van der Waals surface area contributed by atoms with Gasteiger partial charge in [-0.15, -0.1) is 0 Å². The number of hydrogen-bond donors (Lipinski definition) is 2. The average molecular weight is 351 g/mol. The number of H-pyrrole nitrogens is 1. The summed E-state index contributed by atoms with van der Waals surface area (Å²) in [4.78, 5) is 12.7. The highest BCUT2D eigenvalue weighted by atomic mass is 16.5. The molecule has 26 heavy (non-hydrogen) atoms. The Morgan fingerprint density at radius 3 is 3.15 bits per heavy atom. The standard InChI is InChI=1S/C20H21N3O3/c1-3-25-17-8-14-7-12(2)26-18(14)9-15(17)10-21-20(24)16-6-4-5-13-11-22-23-19(13)16/h4-6,8-9,11-12H,3,7,10H2,1-2H3,(H,21,24)(H,22,23). The van der Waals surface area contributed by atoms with Crippen molar-refractivity contribution in [2.45, 2.75) is 32.9 Å². The lowest BCUT2D eigenvalue weighted by Crippen LogP contribution is -2.23. The van der Waals surface area contributed by atoms with Gasteiger partial charge in [0.1, 0.15) is 17.6 Å². The van der Waals surface area contributed by atoms with Gasteiger partial charge in [0.2, 0.25) is 0 Å². The van der Waals surface area contributed by atoms with E-state index in [9.17, 15) is 4.79 Å². The molecule has 1 amide bonds. The second kappa shape index (κ2) is 6.71. The van der Waals surface area contributed by atoms with Gasteiger partial charge >= 0.3 is 0 Å². The molecule has 0 spiro atoms. The number of benzene rings is 2. The van der Waals surface area contributed by atoms with Gasteiger partial charge in [-0.25, -0.2) is 0 Å². The van der Waals surface area contributed by atoms with Crippen molar-refractivity contribution in [1.29, 1.82) is 0 Å². The van der Waals surface area contributed by atoms with E-state index >= 15 is 0 Å². The molecule has 3 aromatic rings. The number of carbonyl (C=O) groups is 1. The van der Waals surface area contributed by atoms with Gasteiger partial charge in [0.25, 0.3) is 5.91 Å². The molecule has 1 atom stereocenters. The quantitative estimate of drug-likeness (QED) is 0.740. The first kappa shape index (κ1) is 16.4. The van der Waals surface area contributed by atoms with Gasteiger partial charge in [0.15, 0.2) is 0 Å². The first-order valence-electron chi connectivity index (χ1n) is 8.81. The Bertz CT molecular complexity index is 964. The van der Waals surface area contributed by atoms with Crippen LogP contribution in [0, 0.1) is 0 Å². The second-order valence-electron chi connectivity index (χ2n) is 6.46. The summed E-state index contributed by atoms with van der Waals surface area (Å²) in [5.74, 6) is 1.52. The third-order valence-electron chi connectivity index (χ3n) is 4.54. The molecule has 0 aliphatic carbocycles. The second-order valence-corrected chi connectivity index (χ2v) is 6.46. The molecule has 0 fully saturated rings. The number of amides is 1. The van der Waals surface area contributed by atoms with Crippen LogP contribution in [-0.4, -0.2) is 28.8 Å². The summed E-state index contributed by atoms with van der Waals surface area (Å²) in [7, 11) is 0. The third-order valence-corrected chi connectivity index (χ3v) is 4.54. The van der Waals surface area contributed by atoms with Gasteiger partial charge < -0.3 is 14.8 Å². The maximum absolute atomic E-state index is 12.7. The van der Waals surface area contributed by atoms with Crippen LogP contribution in [0.5, 0.6) is 11.5 Å². The van der Waals surface area contributed by atoms with Gasteiger partial charge in [-0.1, -0.05) is 12.1 Å². The Morgan fingerprint density at radius 1 is 1.42 bits per heavy atom. The van der Waals surface area contributed by atoms with Gasteiger partial charge in [-0.05, 0) is 32.0 Å². The van der Waals surface area contributed by atoms with E-state index in [4.69, 9.17) is 9.47 Å². The highest BCUT2D eigenvalue weighted by Gasteiger charge is 2.22. The van der Waals surface area contributed by atoms with Crippen molar-refractivity contribution in [1.82, 2.24) is 15.5 Å². The van der Waals surface area contributed by atoms with Crippen LogP contribution < -0.4 is 14.8 Å². The topological polar surface area (TPSA) is 76.2 Å². The Labute approximate surface area is 151 Å². The zero-order valence-corrected chi connectivity index (χ0v) is 14.8. The maximum Gasteiger partial charge on any atom is 0.253 e. The SMILES string of the molecule is CCOc1cc2c(cc1CNC(=O)c1cccc3cn[nH]c13)OC(C)C2. The molecular formula is C20H21N3O3.